The van der Waals surface area contributed by atoms with E-state index in [2.05, 4.69) is 17.0 Å². The van der Waals surface area contributed by atoms with Crippen LogP contribution in [0.25, 0.3) is 22.3 Å². The Kier molecular flexibility index (Phi) is 5.26. The predicted molar refractivity (Wildman–Crippen MR) is 121 cm³/mol. The zero-order valence-corrected chi connectivity index (χ0v) is 17.2. The average Bonchev–Trinajstić information content (AvgIpc) is 2.81. The van der Waals surface area contributed by atoms with Crippen LogP contribution in [0.2, 0.25) is 5.02 Å². The molecule has 0 amide bonds. The van der Waals surface area contributed by atoms with Crippen molar-refractivity contribution >= 4 is 33.9 Å². The van der Waals surface area contributed by atoms with Crippen LogP contribution in [0.4, 0.5) is 11.4 Å². The van der Waals surface area contributed by atoms with Crippen LogP contribution >= 0.6 is 11.6 Å². The van der Waals surface area contributed by atoms with Gasteiger partial charge in [0.2, 0.25) is 0 Å². The minimum absolute atomic E-state index is 0.657. The van der Waals surface area contributed by atoms with E-state index in [9.17, 15) is 0 Å². The number of fused-ring (bicyclic) bond motifs is 1. The van der Waals surface area contributed by atoms with Crippen molar-refractivity contribution in [2.24, 2.45) is 4.99 Å². The Bertz CT molecular complexity index is 1230. The molecule has 0 atom stereocenters. The Morgan fingerprint density at radius 3 is 2.37 bits per heavy atom. The van der Waals surface area contributed by atoms with Gasteiger partial charge < -0.3 is 14.1 Å². The molecule has 0 bridgehead atoms. The third-order valence-electron chi connectivity index (χ3n) is 5.24. The number of morpholine rings is 1. The summed E-state index contributed by atoms with van der Waals surface area (Å²) in [6.07, 6.45) is 0. The van der Waals surface area contributed by atoms with Crippen LogP contribution in [-0.4, -0.2) is 26.3 Å². The van der Waals surface area contributed by atoms with E-state index >= 15 is 0 Å². The van der Waals surface area contributed by atoms with Crippen LogP contribution in [0.5, 0.6) is 0 Å². The first-order chi connectivity index (χ1) is 14.8. The summed E-state index contributed by atoms with van der Waals surface area (Å²) in [5, 5.41) is 2.38. The van der Waals surface area contributed by atoms with Crippen LogP contribution < -0.4 is 10.3 Å². The summed E-state index contributed by atoms with van der Waals surface area (Å²) in [6, 6.07) is 26.0. The molecular weight excluding hydrogens is 396 g/mol. The monoisotopic (exact) mass is 416 g/mol. The Hall–Kier alpha value is -3.08. The lowest BCUT2D eigenvalue weighted by atomic mass is 10.1. The van der Waals surface area contributed by atoms with Crippen molar-refractivity contribution < 1.29 is 9.15 Å². The number of nitrogens with zero attached hydrogens (tertiary/aromatic N) is 2. The molecule has 5 heteroatoms. The largest absolute Gasteiger partial charge is 0.456 e. The van der Waals surface area contributed by atoms with Gasteiger partial charge in [-0.2, -0.15) is 0 Å². The standard InChI is InChI=1S/C25H21ClN2O2/c26-19-6-11-24-22(16-19)23(17-25(30-24)18-4-2-1-3-5-18)27-20-7-9-21(10-8-20)28-12-14-29-15-13-28/h1-11,16-17H,12-15H2. The second-order valence-electron chi connectivity index (χ2n) is 7.23. The molecular formula is C25H21ClN2O2. The number of halogens is 1. The number of benzene rings is 3. The highest BCUT2D eigenvalue weighted by molar-refractivity contribution is 6.31. The second kappa shape index (κ2) is 8.34. The van der Waals surface area contributed by atoms with E-state index in [0.717, 1.165) is 59.6 Å². The van der Waals surface area contributed by atoms with Crippen molar-refractivity contribution in [3.63, 3.8) is 0 Å². The van der Waals surface area contributed by atoms with Gasteiger partial charge in [-0.25, -0.2) is 4.99 Å². The van der Waals surface area contributed by atoms with E-state index < -0.39 is 0 Å². The van der Waals surface area contributed by atoms with Crippen molar-refractivity contribution in [1.29, 1.82) is 0 Å². The highest BCUT2D eigenvalue weighted by atomic mass is 35.5. The van der Waals surface area contributed by atoms with Gasteiger partial charge in [0.05, 0.1) is 24.3 Å². The van der Waals surface area contributed by atoms with E-state index in [4.69, 9.17) is 25.7 Å². The van der Waals surface area contributed by atoms with E-state index in [1.165, 1.54) is 5.69 Å². The van der Waals surface area contributed by atoms with Crippen LogP contribution in [0.1, 0.15) is 0 Å². The van der Waals surface area contributed by atoms with Gasteiger partial charge >= 0.3 is 0 Å². The Morgan fingerprint density at radius 2 is 1.60 bits per heavy atom. The molecule has 0 aliphatic carbocycles. The van der Waals surface area contributed by atoms with Crippen molar-refractivity contribution in [1.82, 2.24) is 0 Å². The minimum Gasteiger partial charge on any atom is -0.456 e. The highest BCUT2D eigenvalue weighted by Gasteiger charge is 2.11. The molecule has 0 spiro atoms. The Labute approximate surface area is 180 Å². The molecule has 1 fully saturated rings. The summed E-state index contributed by atoms with van der Waals surface area (Å²) in [6.45, 7) is 3.38. The smallest absolute Gasteiger partial charge is 0.136 e. The molecule has 4 aromatic rings. The molecule has 1 aliphatic heterocycles. The first-order valence-electron chi connectivity index (χ1n) is 10.0. The van der Waals surface area contributed by atoms with Gasteiger partial charge in [0, 0.05) is 40.8 Å². The van der Waals surface area contributed by atoms with Gasteiger partial charge in [-0.15, -0.1) is 0 Å². The molecule has 1 saturated heterocycles. The van der Waals surface area contributed by atoms with Crippen molar-refractivity contribution in [3.05, 3.63) is 89.2 Å². The molecule has 5 rings (SSSR count). The number of anilines is 1. The van der Waals surface area contributed by atoms with Crippen molar-refractivity contribution in [2.45, 2.75) is 0 Å². The molecule has 30 heavy (non-hydrogen) atoms. The van der Waals surface area contributed by atoms with Crippen molar-refractivity contribution in [3.8, 4) is 11.3 Å². The molecule has 1 aliphatic rings. The van der Waals surface area contributed by atoms with E-state index in [-0.39, 0.29) is 0 Å². The average molecular weight is 417 g/mol. The topological polar surface area (TPSA) is 38.0 Å². The third-order valence-corrected chi connectivity index (χ3v) is 5.47. The fourth-order valence-corrected chi connectivity index (χ4v) is 3.85. The summed E-state index contributed by atoms with van der Waals surface area (Å²) in [4.78, 5) is 7.25. The molecule has 4 nitrogen and oxygen atoms in total. The number of hydrogen-bond acceptors (Lipinski definition) is 4. The zero-order valence-electron chi connectivity index (χ0n) is 16.4. The molecule has 0 radical (unpaired) electrons. The number of ether oxygens (including phenoxy) is 1. The summed E-state index contributed by atoms with van der Waals surface area (Å²) in [5.74, 6) is 0.772. The second-order valence-corrected chi connectivity index (χ2v) is 7.67. The van der Waals surface area contributed by atoms with Gasteiger partial charge in [0.25, 0.3) is 0 Å². The first-order valence-corrected chi connectivity index (χ1v) is 10.4. The predicted octanol–water partition coefficient (Wildman–Crippen LogP) is 5.82. The van der Waals surface area contributed by atoms with Crippen molar-refractivity contribution in [2.75, 3.05) is 31.2 Å². The fourth-order valence-electron chi connectivity index (χ4n) is 3.68. The van der Waals surface area contributed by atoms with E-state index in [1.807, 2.05) is 66.7 Å². The zero-order chi connectivity index (χ0) is 20.3. The maximum atomic E-state index is 6.26. The number of rotatable bonds is 3. The summed E-state index contributed by atoms with van der Waals surface area (Å²) >= 11 is 6.26. The molecule has 2 heterocycles. The maximum Gasteiger partial charge on any atom is 0.136 e. The first kappa shape index (κ1) is 18.9. The summed E-state index contributed by atoms with van der Waals surface area (Å²) in [5.41, 5.74) is 3.84. The van der Waals surface area contributed by atoms with Crippen LogP contribution in [-0.2, 0) is 4.74 Å². The van der Waals surface area contributed by atoms with Gasteiger partial charge in [-0.1, -0.05) is 41.9 Å². The summed E-state index contributed by atoms with van der Waals surface area (Å²) in [7, 11) is 0. The van der Waals surface area contributed by atoms with Crippen LogP contribution in [0.3, 0.4) is 0 Å². The van der Waals surface area contributed by atoms with Crippen LogP contribution in [0, 0.1) is 0 Å². The van der Waals surface area contributed by atoms with Gasteiger partial charge in [0.1, 0.15) is 11.3 Å². The van der Waals surface area contributed by atoms with E-state index in [1.54, 1.807) is 0 Å². The third kappa shape index (κ3) is 3.97. The molecule has 0 N–H and O–H groups in total. The SMILES string of the molecule is Clc1ccc2oc(-c3ccccc3)cc(=Nc3ccc(N4CCOCC4)cc3)c2c1. The highest BCUT2D eigenvalue weighted by Crippen LogP contribution is 2.25. The normalized spacial score (nSPS) is 15.0. The molecule has 0 saturated carbocycles. The lowest BCUT2D eigenvalue weighted by Gasteiger charge is -2.28. The molecule has 0 unspecified atom stereocenters. The lowest BCUT2D eigenvalue weighted by Crippen LogP contribution is -2.36. The Morgan fingerprint density at radius 1 is 0.833 bits per heavy atom. The Balaban J connectivity index is 1.59. The van der Waals surface area contributed by atoms with Gasteiger partial charge in [0.15, 0.2) is 0 Å². The molecule has 150 valence electrons. The summed E-state index contributed by atoms with van der Waals surface area (Å²) < 4.78 is 11.6. The minimum atomic E-state index is 0.657. The molecule has 3 aromatic carbocycles. The van der Waals surface area contributed by atoms with Gasteiger partial charge in [-0.05, 0) is 42.5 Å². The van der Waals surface area contributed by atoms with Crippen LogP contribution in [0.15, 0.2) is 88.3 Å². The maximum absolute atomic E-state index is 6.26. The number of hydrogen-bond donors (Lipinski definition) is 0. The van der Waals surface area contributed by atoms with Gasteiger partial charge in [-0.3, -0.25) is 0 Å². The quantitative estimate of drug-likeness (QED) is 0.422. The van der Waals surface area contributed by atoms with E-state index in [0.29, 0.717) is 5.02 Å². The lowest BCUT2D eigenvalue weighted by molar-refractivity contribution is 0.122. The fraction of sp³-hybridized carbons (Fsp3) is 0.160. The molecule has 1 aromatic heterocycles.